The van der Waals surface area contributed by atoms with Crippen LogP contribution in [0.2, 0.25) is 0 Å². The van der Waals surface area contributed by atoms with Gasteiger partial charge in [0.2, 0.25) is 5.82 Å². The molecule has 0 aliphatic heterocycles. The van der Waals surface area contributed by atoms with Crippen LogP contribution < -0.4 is 4.74 Å². The van der Waals surface area contributed by atoms with Gasteiger partial charge >= 0.3 is 0 Å². The Kier molecular flexibility index (Phi) is 9.78. The van der Waals surface area contributed by atoms with Gasteiger partial charge in [-0.1, -0.05) is 43.3 Å². The third-order valence-electron chi connectivity index (χ3n) is 8.32. The maximum absolute atomic E-state index is 14.7. The first kappa shape index (κ1) is 26.6. The van der Waals surface area contributed by atoms with E-state index < -0.39 is 11.6 Å². The fraction of sp³-hybridized carbons (Fsp3) is 0.515. The Labute approximate surface area is 216 Å². The van der Waals surface area contributed by atoms with Gasteiger partial charge in [-0.2, -0.15) is 4.39 Å². The van der Waals surface area contributed by atoms with Crippen molar-refractivity contribution in [1.29, 1.82) is 0 Å². The number of allylic oxidation sites excluding steroid dienone is 3. The molecule has 36 heavy (non-hydrogen) atoms. The summed E-state index contributed by atoms with van der Waals surface area (Å²) in [5, 5.41) is 0. The van der Waals surface area contributed by atoms with E-state index in [1.807, 2.05) is 13.0 Å². The molecule has 1 unspecified atom stereocenters. The Bertz CT molecular complexity index is 1010. The van der Waals surface area contributed by atoms with Gasteiger partial charge in [-0.3, -0.25) is 0 Å². The van der Waals surface area contributed by atoms with Crippen molar-refractivity contribution in [1.82, 2.24) is 0 Å². The van der Waals surface area contributed by atoms with Crippen molar-refractivity contribution in [3.05, 3.63) is 83.5 Å². The smallest absolute Gasteiger partial charge is 0.201 e. The Morgan fingerprint density at radius 3 is 2.36 bits per heavy atom. The molecule has 4 rings (SSSR count). The molecule has 0 aromatic heterocycles. The molecule has 1 fully saturated rings. The highest BCUT2D eigenvalue weighted by molar-refractivity contribution is 5.67. The second-order valence-electron chi connectivity index (χ2n) is 10.7. The second-order valence-corrected chi connectivity index (χ2v) is 10.7. The SMILES string of the molecule is C=CCCCCc1ccc(C2CCC(C3CC=C(c4ccc(OCCC)c(F)c4F)CC3)CC2)cc1. The fourth-order valence-electron chi connectivity index (χ4n) is 6.13. The predicted molar refractivity (Wildman–Crippen MR) is 146 cm³/mol. The van der Waals surface area contributed by atoms with Gasteiger partial charge in [-0.05, 0) is 124 Å². The van der Waals surface area contributed by atoms with Crippen LogP contribution in [0, 0.1) is 23.5 Å². The number of benzene rings is 2. The van der Waals surface area contributed by atoms with E-state index in [4.69, 9.17) is 4.74 Å². The normalized spacial score (nSPS) is 22.2. The molecule has 194 valence electrons. The topological polar surface area (TPSA) is 9.23 Å². The quantitative estimate of drug-likeness (QED) is 0.224. The molecule has 0 saturated heterocycles. The van der Waals surface area contributed by atoms with E-state index >= 15 is 0 Å². The highest BCUT2D eigenvalue weighted by Gasteiger charge is 2.30. The van der Waals surface area contributed by atoms with Crippen LogP contribution in [0.1, 0.15) is 100 Å². The van der Waals surface area contributed by atoms with Crippen LogP contribution in [0.3, 0.4) is 0 Å². The minimum Gasteiger partial charge on any atom is -0.490 e. The van der Waals surface area contributed by atoms with Crippen molar-refractivity contribution in [2.75, 3.05) is 6.61 Å². The number of ether oxygens (including phenoxy) is 1. The highest BCUT2D eigenvalue weighted by atomic mass is 19.2. The van der Waals surface area contributed by atoms with Crippen LogP contribution >= 0.6 is 0 Å². The van der Waals surface area contributed by atoms with Crippen LogP contribution in [-0.4, -0.2) is 6.61 Å². The van der Waals surface area contributed by atoms with Crippen molar-refractivity contribution in [3.8, 4) is 5.75 Å². The van der Waals surface area contributed by atoms with Gasteiger partial charge in [0.15, 0.2) is 11.6 Å². The molecule has 0 amide bonds. The van der Waals surface area contributed by atoms with Crippen LogP contribution in [-0.2, 0) is 6.42 Å². The molecule has 0 heterocycles. The summed E-state index contributed by atoms with van der Waals surface area (Å²) in [6.45, 7) is 6.14. The van der Waals surface area contributed by atoms with Gasteiger partial charge < -0.3 is 4.74 Å². The summed E-state index contributed by atoms with van der Waals surface area (Å²) in [4.78, 5) is 0. The van der Waals surface area contributed by atoms with E-state index in [-0.39, 0.29) is 5.75 Å². The molecule has 1 atom stereocenters. The Balaban J connectivity index is 1.27. The first-order valence-electron chi connectivity index (χ1n) is 14.1. The van der Waals surface area contributed by atoms with Crippen molar-refractivity contribution < 1.29 is 13.5 Å². The molecular weight excluding hydrogens is 450 g/mol. The lowest BCUT2D eigenvalue weighted by molar-refractivity contribution is 0.220. The van der Waals surface area contributed by atoms with Crippen LogP contribution in [0.25, 0.3) is 5.57 Å². The second kappa shape index (κ2) is 13.2. The van der Waals surface area contributed by atoms with Gasteiger partial charge in [0.1, 0.15) is 0 Å². The number of rotatable bonds is 11. The average Bonchev–Trinajstić information content (AvgIpc) is 2.93. The predicted octanol–water partition coefficient (Wildman–Crippen LogP) is 9.81. The van der Waals surface area contributed by atoms with E-state index in [2.05, 4.69) is 36.9 Å². The minimum absolute atomic E-state index is 0.0160. The monoisotopic (exact) mass is 492 g/mol. The summed E-state index contributed by atoms with van der Waals surface area (Å²) in [7, 11) is 0. The standard InChI is InChI=1S/C33H42F2O/c1-3-5-6-7-8-24-9-11-25(12-10-24)26-13-15-27(16-14-26)28-17-19-29(20-18-28)30-21-22-31(36-23-4-2)33(35)32(30)34/h3,9-12,19,21-22,26-28H,1,4-8,13-18,20,23H2,2H3. The zero-order valence-corrected chi connectivity index (χ0v) is 21.9. The molecule has 2 aliphatic rings. The lowest BCUT2D eigenvalue weighted by atomic mass is 9.70. The van der Waals surface area contributed by atoms with Crippen molar-refractivity contribution in [2.24, 2.45) is 11.8 Å². The number of hydrogen-bond donors (Lipinski definition) is 0. The molecule has 2 aliphatic carbocycles. The number of aryl methyl sites for hydroxylation is 1. The molecule has 0 bridgehead atoms. The lowest BCUT2D eigenvalue weighted by Gasteiger charge is -2.35. The van der Waals surface area contributed by atoms with Crippen molar-refractivity contribution in [2.45, 2.75) is 89.9 Å². The molecular formula is C33H42F2O. The van der Waals surface area contributed by atoms with E-state index in [0.29, 0.717) is 24.0 Å². The summed E-state index contributed by atoms with van der Waals surface area (Å²) in [6, 6.07) is 12.6. The van der Waals surface area contributed by atoms with Crippen molar-refractivity contribution in [3.63, 3.8) is 0 Å². The summed E-state index contributed by atoms with van der Waals surface area (Å²) >= 11 is 0. The molecule has 0 spiro atoms. The van der Waals surface area contributed by atoms with E-state index in [1.165, 1.54) is 49.7 Å². The third kappa shape index (κ3) is 6.66. The first-order valence-corrected chi connectivity index (χ1v) is 14.1. The number of halogens is 2. The fourth-order valence-corrected chi connectivity index (χ4v) is 6.13. The molecule has 0 radical (unpaired) electrons. The lowest BCUT2D eigenvalue weighted by Crippen LogP contribution is -2.22. The summed E-state index contributed by atoms with van der Waals surface area (Å²) in [6.07, 6.45) is 17.6. The average molecular weight is 493 g/mol. The van der Waals surface area contributed by atoms with Crippen LogP contribution in [0.15, 0.2) is 55.1 Å². The van der Waals surface area contributed by atoms with Gasteiger partial charge in [0.05, 0.1) is 6.61 Å². The van der Waals surface area contributed by atoms with E-state index in [0.717, 1.165) is 50.0 Å². The Morgan fingerprint density at radius 2 is 1.69 bits per heavy atom. The first-order chi connectivity index (χ1) is 17.6. The van der Waals surface area contributed by atoms with E-state index in [9.17, 15) is 8.78 Å². The van der Waals surface area contributed by atoms with Gasteiger partial charge in [-0.25, -0.2) is 4.39 Å². The highest BCUT2D eigenvalue weighted by Crippen LogP contribution is 2.44. The third-order valence-corrected chi connectivity index (χ3v) is 8.32. The Hall–Kier alpha value is -2.42. The van der Waals surface area contributed by atoms with Crippen LogP contribution in [0.4, 0.5) is 8.78 Å². The molecule has 2 aromatic carbocycles. The molecule has 1 saturated carbocycles. The van der Waals surface area contributed by atoms with E-state index in [1.54, 1.807) is 12.1 Å². The minimum atomic E-state index is -0.858. The molecule has 0 N–H and O–H groups in total. The zero-order chi connectivity index (χ0) is 25.3. The zero-order valence-electron chi connectivity index (χ0n) is 21.9. The molecule has 2 aromatic rings. The van der Waals surface area contributed by atoms with Gasteiger partial charge in [0.25, 0.3) is 0 Å². The Morgan fingerprint density at radius 1 is 0.917 bits per heavy atom. The molecule has 3 heteroatoms. The van der Waals surface area contributed by atoms with Gasteiger partial charge in [-0.15, -0.1) is 6.58 Å². The number of unbranched alkanes of at least 4 members (excludes halogenated alkanes) is 2. The van der Waals surface area contributed by atoms with Crippen molar-refractivity contribution >= 4 is 5.57 Å². The van der Waals surface area contributed by atoms with Crippen LogP contribution in [0.5, 0.6) is 5.75 Å². The summed E-state index contributed by atoms with van der Waals surface area (Å²) < 4.78 is 34.5. The summed E-state index contributed by atoms with van der Waals surface area (Å²) in [5.74, 6) is 0.473. The largest absolute Gasteiger partial charge is 0.490 e. The summed E-state index contributed by atoms with van der Waals surface area (Å²) in [5.41, 5.74) is 4.30. The maximum Gasteiger partial charge on any atom is 0.201 e. The maximum atomic E-state index is 14.7. The van der Waals surface area contributed by atoms with Gasteiger partial charge in [0, 0.05) is 5.56 Å². The molecule has 1 nitrogen and oxygen atoms in total. The number of hydrogen-bond acceptors (Lipinski definition) is 1.